The van der Waals surface area contributed by atoms with Crippen molar-refractivity contribution in [1.29, 1.82) is 0 Å². The molecule has 2 unspecified atom stereocenters. The molecule has 0 saturated carbocycles. The lowest BCUT2D eigenvalue weighted by atomic mass is 10.2. The molecule has 1 saturated heterocycles. The normalized spacial score (nSPS) is 18.6. The summed E-state index contributed by atoms with van der Waals surface area (Å²) in [5.41, 5.74) is 5.29. The Balaban J connectivity index is 1.45. The topological polar surface area (TPSA) is 112 Å². The van der Waals surface area contributed by atoms with Crippen molar-refractivity contribution in [2.24, 2.45) is 0 Å². The van der Waals surface area contributed by atoms with Crippen LogP contribution >= 0.6 is 23.1 Å². The molecule has 1 fully saturated rings. The second-order valence-electron chi connectivity index (χ2n) is 9.67. The van der Waals surface area contributed by atoms with E-state index in [1.54, 1.807) is 11.8 Å². The molecule has 2 aromatic heterocycles. The van der Waals surface area contributed by atoms with E-state index in [1.165, 1.54) is 14.9 Å². The van der Waals surface area contributed by atoms with Crippen LogP contribution in [0.1, 0.15) is 27.0 Å². The van der Waals surface area contributed by atoms with Crippen LogP contribution in [0.15, 0.2) is 70.3 Å². The monoisotopic (exact) mass is 540 g/mol. The van der Waals surface area contributed by atoms with Crippen LogP contribution in [0.2, 0.25) is 5.04 Å². The number of nitrogens with one attached hydrogen (secondary N) is 1. The summed E-state index contributed by atoms with van der Waals surface area (Å²) in [4.78, 5) is 31.3. The highest BCUT2D eigenvalue weighted by Gasteiger charge is 2.50. The summed E-state index contributed by atoms with van der Waals surface area (Å²) >= 11 is 2.44. The SMILES string of the molecule is CC(C)(C)[Si](OCC1OC(n2c(=O)sc3c(=O)[nH]c(N)nc32)CS1)(c1ccccc1)c1ccccc1. The summed E-state index contributed by atoms with van der Waals surface area (Å²) in [5.74, 6) is 0.505. The lowest BCUT2D eigenvalue weighted by molar-refractivity contribution is 0.000143. The number of fused-ring (bicyclic) bond motifs is 1. The molecule has 4 aromatic rings. The molecule has 0 aliphatic carbocycles. The van der Waals surface area contributed by atoms with Gasteiger partial charge in [-0.15, -0.1) is 11.8 Å². The number of thiazole rings is 1. The van der Waals surface area contributed by atoms with Gasteiger partial charge >= 0.3 is 4.87 Å². The Labute approximate surface area is 217 Å². The van der Waals surface area contributed by atoms with Crippen LogP contribution < -0.4 is 26.5 Å². The first kappa shape index (κ1) is 25.0. The van der Waals surface area contributed by atoms with Crippen LogP contribution in [0.4, 0.5) is 5.95 Å². The summed E-state index contributed by atoms with van der Waals surface area (Å²) in [6, 6.07) is 20.9. The van der Waals surface area contributed by atoms with Gasteiger partial charge in [0.05, 0.1) is 6.61 Å². The Morgan fingerprint density at radius 1 is 1.11 bits per heavy atom. The number of ether oxygens (including phenoxy) is 1. The molecule has 8 nitrogen and oxygen atoms in total. The molecule has 5 rings (SSSR count). The third kappa shape index (κ3) is 4.35. The maximum absolute atomic E-state index is 12.7. The number of benzene rings is 2. The third-order valence-electron chi connectivity index (χ3n) is 6.37. The number of nitrogens with two attached hydrogens (primary N) is 1. The highest BCUT2D eigenvalue weighted by Crippen LogP contribution is 2.39. The van der Waals surface area contributed by atoms with Gasteiger partial charge in [0.25, 0.3) is 13.9 Å². The average Bonchev–Trinajstić information content (AvgIpc) is 3.43. The minimum atomic E-state index is -2.71. The van der Waals surface area contributed by atoms with Crippen LogP contribution in [0.3, 0.4) is 0 Å². The van der Waals surface area contributed by atoms with Crippen molar-refractivity contribution in [2.45, 2.75) is 37.5 Å². The number of H-pyrrole nitrogens is 1. The predicted octanol–water partition coefficient (Wildman–Crippen LogP) is 2.89. The number of aromatic amines is 1. The van der Waals surface area contributed by atoms with Crippen molar-refractivity contribution in [3.63, 3.8) is 0 Å². The molecule has 1 aliphatic heterocycles. The van der Waals surface area contributed by atoms with Gasteiger partial charge in [0, 0.05) is 5.75 Å². The van der Waals surface area contributed by atoms with Crippen molar-refractivity contribution in [1.82, 2.24) is 14.5 Å². The van der Waals surface area contributed by atoms with Crippen molar-refractivity contribution < 1.29 is 9.16 Å². The van der Waals surface area contributed by atoms with Crippen LogP contribution in [-0.2, 0) is 9.16 Å². The highest BCUT2D eigenvalue weighted by atomic mass is 32.2. The third-order valence-corrected chi connectivity index (χ3v) is 13.4. The van der Waals surface area contributed by atoms with E-state index in [4.69, 9.17) is 14.9 Å². The van der Waals surface area contributed by atoms with Gasteiger partial charge in [-0.25, -0.2) is 0 Å². The van der Waals surface area contributed by atoms with E-state index < -0.39 is 20.1 Å². The minimum Gasteiger partial charge on any atom is -0.404 e. The van der Waals surface area contributed by atoms with Gasteiger partial charge in [0.15, 0.2) is 5.65 Å². The van der Waals surface area contributed by atoms with Gasteiger partial charge in [0.2, 0.25) is 5.95 Å². The predicted molar refractivity (Wildman–Crippen MR) is 149 cm³/mol. The fraction of sp³-hybridized carbons (Fsp3) is 0.320. The van der Waals surface area contributed by atoms with Crippen LogP contribution in [0, 0.1) is 0 Å². The Bertz CT molecular complexity index is 1440. The molecule has 0 radical (unpaired) electrons. The molecule has 1 aliphatic rings. The number of hydrogen-bond donors (Lipinski definition) is 2. The summed E-state index contributed by atoms with van der Waals surface area (Å²) in [7, 11) is -2.71. The van der Waals surface area contributed by atoms with E-state index in [0.29, 0.717) is 12.4 Å². The highest BCUT2D eigenvalue weighted by molar-refractivity contribution is 8.00. The van der Waals surface area contributed by atoms with Gasteiger partial charge in [-0.3, -0.25) is 19.1 Å². The second kappa shape index (κ2) is 9.64. The molecule has 0 spiro atoms. The van der Waals surface area contributed by atoms with E-state index in [-0.39, 0.29) is 31.6 Å². The Morgan fingerprint density at radius 3 is 2.31 bits per heavy atom. The molecule has 0 amide bonds. The summed E-state index contributed by atoms with van der Waals surface area (Å²) in [6.07, 6.45) is -0.558. The van der Waals surface area contributed by atoms with E-state index >= 15 is 0 Å². The van der Waals surface area contributed by atoms with Gasteiger partial charge < -0.3 is 14.9 Å². The summed E-state index contributed by atoms with van der Waals surface area (Å²) < 4.78 is 15.0. The first-order valence-electron chi connectivity index (χ1n) is 11.6. The lowest BCUT2D eigenvalue weighted by Crippen LogP contribution is -2.67. The van der Waals surface area contributed by atoms with Crippen LogP contribution in [0.25, 0.3) is 10.3 Å². The van der Waals surface area contributed by atoms with Crippen LogP contribution in [0.5, 0.6) is 0 Å². The van der Waals surface area contributed by atoms with Crippen molar-refractivity contribution in [3.8, 4) is 0 Å². The zero-order valence-corrected chi connectivity index (χ0v) is 22.9. The fourth-order valence-corrected chi connectivity index (χ4v) is 11.3. The number of thioether (sulfide) groups is 1. The van der Waals surface area contributed by atoms with Crippen LogP contribution in [-0.4, -0.2) is 40.6 Å². The summed E-state index contributed by atoms with van der Waals surface area (Å²) in [5, 5.41) is 2.24. The average molecular weight is 541 g/mol. The molecular weight excluding hydrogens is 513 g/mol. The summed E-state index contributed by atoms with van der Waals surface area (Å²) in [6.45, 7) is 7.06. The van der Waals surface area contributed by atoms with E-state index in [2.05, 4.69) is 79.3 Å². The zero-order chi connectivity index (χ0) is 25.5. The molecule has 36 heavy (non-hydrogen) atoms. The lowest BCUT2D eigenvalue weighted by Gasteiger charge is -2.43. The number of anilines is 1. The van der Waals surface area contributed by atoms with Crippen molar-refractivity contribution in [2.75, 3.05) is 18.1 Å². The van der Waals surface area contributed by atoms with Gasteiger partial charge in [-0.1, -0.05) is 92.8 Å². The molecule has 3 heterocycles. The standard InChI is InChI=1S/C25H28N4O4S2Si/c1-25(2,3)36(16-10-6-4-7-11-16,17-12-8-5-9-13-17)32-14-19-33-18(15-34-19)29-21-20(35-24(29)31)22(30)28-23(26)27-21/h4-13,18-19H,14-15H2,1-3H3,(H3,26,27,28,30). The molecule has 3 N–H and O–H groups in total. The molecular formula is C25H28N4O4S2Si. The Hall–Kier alpha value is -2.70. The number of hydrogen-bond acceptors (Lipinski definition) is 8. The quantitative estimate of drug-likeness (QED) is 0.362. The maximum Gasteiger partial charge on any atom is 0.311 e. The molecule has 11 heteroatoms. The number of nitrogen functional groups attached to an aromatic ring is 1. The molecule has 2 atom stereocenters. The number of rotatable bonds is 6. The first-order chi connectivity index (χ1) is 17.2. The van der Waals surface area contributed by atoms with Gasteiger partial charge in [-0.2, -0.15) is 4.98 Å². The van der Waals surface area contributed by atoms with E-state index in [0.717, 1.165) is 11.3 Å². The molecule has 2 aromatic carbocycles. The number of nitrogens with zero attached hydrogens (tertiary/aromatic N) is 2. The largest absolute Gasteiger partial charge is 0.404 e. The second-order valence-corrected chi connectivity index (χ2v) is 16.1. The van der Waals surface area contributed by atoms with Gasteiger partial charge in [0.1, 0.15) is 16.4 Å². The maximum atomic E-state index is 12.7. The molecule has 0 bridgehead atoms. The Kier molecular flexibility index (Phi) is 6.68. The number of aromatic nitrogens is 3. The van der Waals surface area contributed by atoms with E-state index in [9.17, 15) is 9.59 Å². The fourth-order valence-electron chi connectivity index (χ4n) is 4.82. The van der Waals surface area contributed by atoms with Gasteiger partial charge in [-0.05, 0) is 15.4 Å². The van der Waals surface area contributed by atoms with Crippen molar-refractivity contribution in [3.05, 3.63) is 80.7 Å². The Morgan fingerprint density at radius 2 is 1.72 bits per heavy atom. The molecule has 188 valence electrons. The minimum absolute atomic E-state index is 0.0312. The van der Waals surface area contributed by atoms with Crippen molar-refractivity contribution >= 4 is 58.1 Å². The zero-order valence-electron chi connectivity index (χ0n) is 20.3. The smallest absolute Gasteiger partial charge is 0.311 e. The first-order valence-corrected chi connectivity index (χ1v) is 15.4. The van der Waals surface area contributed by atoms with E-state index in [1.807, 2.05) is 12.1 Å².